The first-order valence-corrected chi connectivity index (χ1v) is 10.8. The van der Waals surface area contributed by atoms with Crippen molar-refractivity contribution in [1.29, 1.82) is 0 Å². The largest absolute Gasteiger partial charge is 0.497 e. The zero-order valence-electron chi connectivity index (χ0n) is 19.2. The zero-order valence-corrected chi connectivity index (χ0v) is 19.2. The van der Waals surface area contributed by atoms with Gasteiger partial charge in [-0.2, -0.15) is 0 Å². The molecule has 1 atom stereocenters. The summed E-state index contributed by atoms with van der Waals surface area (Å²) < 4.78 is 5.33. The van der Waals surface area contributed by atoms with E-state index in [1.54, 1.807) is 7.11 Å². The van der Waals surface area contributed by atoms with Gasteiger partial charge in [-0.3, -0.25) is 4.79 Å². The van der Waals surface area contributed by atoms with Crippen molar-refractivity contribution >= 4 is 17.3 Å². The van der Waals surface area contributed by atoms with Gasteiger partial charge in [0, 0.05) is 39.2 Å². The lowest BCUT2D eigenvalue weighted by atomic mass is 10.0. The Morgan fingerprint density at radius 2 is 1.94 bits per heavy atom. The third-order valence-electron chi connectivity index (χ3n) is 5.32. The lowest BCUT2D eigenvalue weighted by Gasteiger charge is -2.26. The van der Waals surface area contributed by atoms with E-state index in [1.165, 1.54) is 0 Å². The summed E-state index contributed by atoms with van der Waals surface area (Å²) in [6.45, 7) is 5.15. The van der Waals surface area contributed by atoms with Crippen LogP contribution in [-0.4, -0.2) is 50.4 Å². The minimum Gasteiger partial charge on any atom is -0.497 e. The number of hydrogen-bond acceptors (Lipinski definition) is 5. The molecule has 2 aromatic carbocycles. The van der Waals surface area contributed by atoms with Gasteiger partial charge in [-0.15, -0.1) is 0 Å². The van der Waals surface area contributed by atoms with Gasteiger partial charge in [-0.1, -0.05) is 43.3 Å². The Bertz CT molecular complexity index is 906. The molecule has 0 bridgehead atoms. The second-order valence-electron chi connectivity index (χ2n) is 8.63. The summed E-state index contributed by atoms with van der Waals surface area (Å²) in [5.41, 5.74) is 4.16. The predicted molar refractivity (Wildman–Crippen MR) is 125 cm³/mol. The van der Waals surface area contributed by atoms with E-state index in [0.717, 1.165) is 28.3 Å². The SMILES string of the molecule is COc1cccc(CN(C[C@@H]2CC(c3ccc(N(C)C)cc3)=NO2)C(=O)CC(C)C)c1. The number of ether oxygens (including phenoxy) is 1. The molecule has 1 aliphatic rings. The fraction of sp³-hybridized carbons (Fsp3) is 0.440. The highest BCUT2D eigenvalue weighted by atomic mass is 16.6. The predicted octanol–water partition coefficient (Wildman–Crippen LogP) is 4.33. The van der Waals surface area contributed by atoms with Crippen LogP contribution >= 0.6 is 0 Å². The summed E-state index contributed by atoms with van der Waals surface area (Å²) in [6, 6.07) is 16.1. The van der Waals surface area contributed by atoms with Gasteiger partial charge in [0.1, 0.15) is 5.75 Å². The quantitative estimate of drug-likeness (QED) is 0.602. The van der Waals surface area contributed by atoms with Gasteiger partial charge < -0.3 is 19.4 Å². The third-order valence-corrected chi connectivity index (χ3v) is 5.32. The van der Waals surface area contributed by atoms with Gasteiger partial charge in [-0.05, 0) is 41.3 Å². The third kappa shape index (κ3) is 6.23. The molecule has 6 heteroatoms. The van der Waals surface area contributed by atoms with E-state index in [9.17, 15) is 4.79 Å². The second-order valence-corrected chi connectivity index (χ2v) is 8.63. The number of carbonyl (C=O) groups excluding carboxylic acids is 1. The molecule has 2 aromatic rings. The van der Waals surface area contributed by atoms with Gasteiger partial charge in [0.05, 0.1) is 19.4 Å². The summed E-state index contributed by atoms with van der Waals surface area (Å²) in [5.74, 6) is 1.22. The molecule has 1 aliphatic heterocycles. The van der Waals surface area contributed by atoms with Crippen molar-refractivity contribution in [3.05, 3.63) is 59.7 Å². The van der Waals surface area contributed by atoms with Crippen molar-refractivity contribution in [2.45, 2.75) is 39.3 Å². The van der Waals surface area contributed by atoms with E-state index in [1.807, 2.05) is 43.3 Å². The minimum absolute atomic E-state index is 0.130. The number of oxime groups is 1. The maximum absolute atomic E-state index is 13.0. The van der Waals surface area contributed by atoms with Crippen LogP contribution in [0.15, 0.2) is 53.7 Å². The van der Waals surface area contributed by atoms with Crippen LogP contribution in [-0.2, 0) is 16.2 Å². The highest BCUT2D eigenvalue weighted by molar-refractivity contribution is 6.01. The van der Waals surface area contributed by atoms with Crippen molar-refractivity contribution in [3.63, 3.8) is 0 Å². The molecule has 166 valence electrons. The van der Waals surface area contributed by atoms with E-state index in [4.69, 9.17) is 9.57 Å². The maximum Gasteiger partial charge on any atom is 0.223 e. The van der Waals surface area contributed by atoms with Crippen molar-refractivity contribution < 1.29 is 14.4 Å². The summed E-state index contributed by atoms with van der Waals surface area (Å²) in [4.78, 5) is 22.6. The van der Waals surface area contributed by atoms with Gasteiger partial charge in [0.15, 0.2) is 6.10 Å². The number of anilines is 1. The number of rotatable bonds is 9. The molecule has 31 heavy (non-hydrogen) atoms. The first-order valence-electron chi connectivity index (χ1n) is 10.8. The molecule has 0 fully saturated rings. The summed E-state index contributed by atoms with van der Waals surface area (Å²) in [7, 11) is 5.69. The van der Waals surface area contributed by atoms with Crippen LogP contribution in [0.5, 0.6) is 5.75 Å². The molecule has 0 N–H and O–H groups in total. The Labute approximate surface area is 185 Å². The van der Waals surface area contributed by atoms with Gasteiger partial charge >= 0.3 is 0 Å². The van der Waals surface area contributed by atoms with Crippen LogP contribution in [0, 0.1) is 5.92 Å². The van der Waals surface area contributed by atoms with Crippen molar-refractivity contribution in [1.82, 2.24) is 4.90 Å². The zero-order chi connectivity index (χ0) is 22.4. The lowest BCUT2D eigenvalue weighted by Crippen LogP contribution is -2.37. The first-order chi connectivity index (χ1) is 14.9. The second kappa shape index (κ2) is 10.3. The molecule has 3 rings (SSSR count). The summed E-state index contributed by atoms with van der Waals surface area (Å²) in [6.07, 6.45) is 1.05. The summed E-state index contributed by atoms with van der Waals surface area (Å²) >= 11 is 0. The molecule has 0 radical (unpaired) electrons. The molecule has 1 amide bonds. The minimum atomic E-state index is -0.148. The Kier molecular flexibility index (Phi) is 7.55. The van der Waals surface area contributed by atoms with Crippen LogP contribution < -0.4 is 9.64 Å². The topological polar surface area (TPSA) is 54.4 Å². The molecule has 6 nitrogen and oxygen atoms in total. The fourth-order valence-electron chi connectivity index (χ4n) is 3.62. The highest BCUT2D eigenvalue weighted by Gasteiger charge is 2.27. The molecule has 1 heterocycles. The van der Waals surface area contributed by atoms with Crippen molar-refractivity contribution in [3.8, 4) is 5.75 Å². The van der Waals surface area contributed by atoms with Crippen LogP contribution in [0.3, 0.4) is 0 Å². The van der Waals surface area contributed by atoms with Gasteiger partial charge in [-0.25, -0.2) is 0 Å². The molecule has 0 aromatic heterocycles. The van der Waals surface area contributed by atoms with E-state index in [0.29, 0.717) is 31.8 Å². The molecule has 0 saturated heterocycles. The molecule has 0 aliphatic carbocycles. The van der Waals surface area contributed by atoms with Gasteiger partial charge in [0.2, 0.25) is 5.91 Å². The van der Waals surface area contributed by atoms with Crippen molar-refractivity contribution in [2.75, 3.05) is 32.6 Å². The number of nitrogens with zero attached hydrogens (tertiary/aromatic N) is 3. The fourth-order valence-corrected chi connectivity index (χ4v) is 3.62. The standard InChI is InChI=1S/C25H33N3O3/c1-18(2)13-25(29)28(16-19-7-6-8-22(14-19)30-5)17-23-15-24(26-31-23)20-9-11-21(12-10-20)27(3)4/h6-12,14,18,23H,13,15-17H2,1-5H3/t23-/m0/s1. The Hall–Kier alpha value is -3.02. The average molecular weight is 424 g/mol. The number of amides is 1. The summed E-state index contributed by atoms with van der Waals surface area (Å²) in [5, 5.41) is 4.31. The van der Waals surface area contributed by atoms with Crippen molar-refractivity contribution in [2.24, 2.45) is 11.1 Å². The van der Waals surface area contributed by atoms with Gasteiger partial charge in [0.25, 0.3) is 0 Å². The Balaban J connectivity index is 1.67. The number of methoxy groups -OCH3 is 1. The van der Waals surface area contributed by atoms with Crippen LogP contribution in [0.2, 0.25) is 0 Å². The molecule has 0 unspecified atom stereocenters. The van der Waals surface area contributed by atoms with Crippen LogP contribution in [0.25, 0.3) is 0 Å². The smallest absolute Gasteiger partial charge is 0.223 e. The highest BCUT2D eigenvalue weighted by Crippen LogP contribution is 2.22. The Morgan fingerprint density at radius 3 is 2.58 bits per heavy atom. The first kappa shape index (κ1) is 22.7. The number of carbonyl (C=O) groups is 1. The Morgan fingerprint density at radius 1 is 1.19 bits per heavy atom. The monoisotopic (exact) mass is 423 g/mol. The molecular formula is C25H33N3O3. The van der Waals surface area contributed by atoms with Crippen LogP contribution in [0.4, 0.5) is 5.69 Å². The molecular weight excluding hydrogens is 390 g/mol. The lowest BCUT2D eigenvalue weighted by molar-refractivity contribution is -0.134. The van der Waals surface area contributed by atoms with E-state index in [-0.39, 0.29) is 12.0 Å². The van der Waals surface area contributed by atoms with E-state index in [2.05, 4.69) is 48.2 Å². The van der Waals surface area contributed by atoms with E-state index < -0.39 is 0 Å². The number of hydrogen-bond donors (Lipinski definition) is 0. The van der Waals surface area contributed by atoms with E-state index >= 15 is 0 Å². The maximum atomic E-state index is 13.0. The average Bonchev–Trinajstić information content (AvgIpc) is 3.21. The molecule has 0 spiro atoms. The number of benzene rings is 2. The van der Waals surface area contributed by atoms with Crippen LogP contribution in [0.1, 0.15) is 37.8 Å². The molecule has 0 saturated carbocycles. The normalized spacial score (nSPS) is 15.4.